The van der Waals surface area contributed by atoms with Crippen molar-refractivity contribution in [2.75, 3.05) is 0 Å². The molecular formula is C20H21BrN2O. The maximum atomic E-state index is 6.33. The number of hydrogen-bond acceptors (Lipinski definition) is 3. The number of fused-ring (bicyclic) bond motifs is 3. The molecule has 24 heavy (non-hydrogen) atoms. The van der Waals surface area contributed by atoms with Crippen molar-refractivity contribution in [2.24, 2.45) is 11.0 Å². The maximum Gasteiger partial charge on any atom is 0.213 e. The number of benzene rings is 2. The summed E-state index contributed by atoms with van der Waals surface area (Å²) in [6.45, 7) is 4.49. The van der Waals surface area contributed by atoms with Crippen LogP contribution in [0.3, 0.4) is 0 Å². The predicted octanol–water partition coefficient (Wildman–Crippen LogP) is 5.69. The standard InChI is InChI=1S/C20H21BrN2O/c1-13(2)11-16-12-18-17-5-3-4-6-19(17)24-20(23(18)22-16)14-7-9-15(21)10-8-14/h3-10,13,18,20H,11-12H2,1-2H3/t18-,20+/m1/s1. The number of para-hydroxylation sites is 1. The van der Waals surface area contributed by atoms with Crippen LogP contribution < -0.4 is 4.74 Å². The summed E-state index contributed by atoms with van der Waals surface area (Å²) < 4.78 is 7.40. The van der Waals surface area contributed by atoms with Gasteiger partial charge in [-0.1, -0.05) is 60.1 Å². The highest BCUT2D eigenvalue weighted by Gasteiger charge is 2.40. The predicted molar refractivity (Wildman–Crippen MR) is 100 cm³/mol. The Bertz CT molecular complexity index is 769. The second-order valence-electron chi connectivity index (χ2n) is 6.92. The number of hydrogen-bond donors (Lipinski definition) is 0. The van der Waals surface area contributed by atoms with E-state index in [2.05, 4.69) is 77.3 Å². The highest BCUT2D eigenvalue weighted by Crippen LogP contribution is 2.47. The lowest BCUT2D eigenvalue weighted by molar-refractivity contribution is -0.0190. The normalized spacial score (nSPS) is 22.0. The quantitative estimate of drug-likeness (QED) is 0.678. The van der Waals surface area contributed by atoms with E-state index in [-0.39, 0.29) is 12.3 Å². The molecule has 0 unspecified atom stereocenters. The van der Waals surface area contributed by atoms with E-state index in [1.54, 1.807) is 0 Å². The van der Waals surface area contributed by atoms with Gasteiger partial charge in [-0.2, -0.15) is 5.10 Å². The first-order valence-electron chi connectivity index (χ1n) is 8.47. The average molecular weight is 385 g/mol. The Morgan fingerprint density at radius 2 is 1.92 bits per heavy atom. The first-order chi connectivity index (χ1) is 11.6. The second kappa shape index (κ2) is 6.25. The monoisotopic (exact) mass is 384 g/mol. The number of rotatable bonds is 3. The lowest BCUT2D eigenvalue weighted by atomic mass is 9.95. The SMILES string of the molecule is CC(C)CC1=NN2[C@H](C1)c1ccccc1O[C@H]2c1ccc(Br)cc1. The van der Waals surface area contributed by atoms with E-state index >= 15 is 0 Å². The van der Waals surface area contributed by atoms with Crippen LogP contribution in [0.15, 0.2) is 58.1 Å². The molecule has 2 aromatic carbocycles. The molecule has 4 rings (SSSR count). The summed E-state index contributed by atoms with van der Waals surface area (Å²) >= 11 is 3.51. The first-order valence-corrected chi connectivity index (χ1v) is 9.27. The van der Waals surface area contributed by atoms with Gasteiger partial charge in [-0.05, 0) is 30.5 Å². The van der Waals surface area contributed by atoms with Crippen molar-refractivity contribution in [1.29, 1.82) is 0 Å². The fraction of sp³-hybridized carbons (Fsp3) is 0.350. The molecule has 2 aliphatic rings. The number of nitrogens with zero attached hydrogens (tertiary/aromatic N) is 2. The zero-order valence-electron chi connectivity index (χ0n) is 13.9. The number of halogens is 1. The van der Waals surface area contributed by atoms with Gasteiger partial charge in [0.2, 0.25) is 6.23 Å². The van der Waals surface area contributed by atoms with Crippen molar-refractivity contribution in [1.82, 2.24) is 5.01 Å². The Kier molecular flexibility index (Phi) is 4.09. The Hall–Kier alpha value is -1.81. The lowest BCUT2D eigenvalue weighted by Gasteiger charge is -2.38. The van der Waals surface area contributed by atoms with Crippen molar-refractivity contribution in [3.63, 3.8) is 0 Å². The summed E-state index contributed by atoms with van der Waals surface area (Å²) in [4.78, 5) is 0. The zero-order chi connectivity index (χ0) is 16.7. The van der Waals surface area contributed by atoms with Crippen LogP contribution in [-0.4, -0.2) is 10.7 Å². The summed E-state index contributed by atoms with van der Waals surface area (Å²) in [6.07, 6.45) is 1.87. The molecule has 2 aliphatic heterocycles. The molecule has 0 spiro atoms. The Morgan fingerprint density at radius 3 is 2.67 bits per heavy atom. The topological polar surface area (TPSA) is 24.8 Å². The molecule has 0 radical (unpaired) electrons. The third-order valence-electron chi connectivity index (χ3n) is 4.56. The van der Waals surface area contributed by atoms with Gasteiger partial charge in [-0.25, -0.2) is 5.01 Å². The van der Waals surface area contributed by atoms with Crippen molar-refractivity contribution in [3.8, 4) is 5.75 Å². The minimum atomic E-state index is -0.164. The molecular weight excluding hydrogens is 364 g/mol. The molecule has 0 bridgehead atoms. The fourth-order valence-corrected chi connectivity index (χ4v) is 3.80. The number of hydrazone groups is 1. The van der Waals surface area contributed by atoms with Crippen LogP contribution >= 0.6 is 15.9 Å². The fourth-order valence-electron chi connectivity index (χ4n) is 3.54. The molecule has 3 nitrogen and oxygen atoms in total. The Labute approximate surface area is 151 Å². The van der Waals surface area contributed by atoms with E-state index in [0.717, 1.165) is 28.6 Å². The summed E-state index contributed by atoms with van der Waals surface area (Å²) in [5.41, 5.74) is 3.65. The summed E-state index contributed by atoms with van der Waals surface area (Å²) in [7, 11) is 0. The third kappa shape index (κ3) is 2.84. The van der Waals surface area contributed by atoms with E-state index in [0.29, 0.717) is 5.92 Å². The van der Waals surface area contributed by atoms with E-state index in [9.17, 15) is 0 Å². The van der Waals surface area contributed by atoms with Crippen molar-refractivity contribution in [2.45, 2.75) is 39.0 Å². The minimum Gasteiger partial charge on any atom is -0.464 e. The van der Waals surface area contributed by atoms with Crippen LogP contribution in [0.2, 0.25) is 0 Å². The smallest absolute Gasteiger partial charge is 0.213 e. The first kappa shape index (κ1) is 15.7. The molecule has 2 atom stereocenters. The average Bonchev–Trinajstić information content (AvgIpc) is 2.98. The van der Waals surface area contributed by atoms with Crippen LogP contribution in [0.4, 0.5) is 0 Å². The molecule has 0 amide bonds. The molecule has 4 heteroatoms. The van der Waals surface area contributed by atoms with Gasteiger partial charge in [0, 0.05) is 27.7 Å². The van der Waals surface area contributed by atoms with Gasteiger partial charge in [0.1, 0.15) is 5.75 Å². The molecule has 0 saturated carbocycles. The summed E-state index contributed by atoms with van der Waals surface area (Å²) in [6, 6.07) is 17.0. The van der Waals surface area contributed by atoms with Crippen LogP contribution in [0.25, 0.3) is 0 Å². The van der Waals surface area contributed by atoms with Gasteiger partial charge in [0.15, 0.2) is 0 Å². The molecule has 0 saturated heterocycles. The van der Waals surface area contributed by atoms with Gasteiger partial charge >= 0.3 is 0 Å². The second-order valence-corrected chi connectivity index (χ2v) is 7.84. The van der Waals surface area contributed by atoms with Gasteiger partial charge in [0.25, 0.3) is 0 Å². The van der Waals surface area contributed by atoms with E-state index in [1.165, 1.54) is 11.3 Å². The van der Waals surface area contributed by atoms with Crippen LogP contribution in [0.5, 0.6) is 5.75 Å². The van der Waals surface area contributed by atoms with Crippen molar-refractivity contribution >= 4 is 21.6 Å². The molecule has 0 aromatic heterocycles. The van der Waals surface area contributed by atoms with Crippen LogP contribution in [0, 0.1) is 5.92 Å². The van der Waals surface area contributed by atoms with Gasteiger partial charge < -0.3 is 4.74 Å². The molecule has 0 fully saturated rings. The van der Waals surface area contributed by atoms with Crippen molar-refractivity contribution in [3.05, 3.63) is 64.1 Å². The lowest BCUT2D eigenvalue weighted by Crippen LogP contribution is -2.33. The summed E-state index contributed by atoms with van der Waals surface area (Å²) in [5, 5.41) is 7.10. The van der Waals surface area contributed by atoms with Crippen LogP contribution in [-0.2, 0) is 0 Å². The molecule has 0 N–H and O–H groups in total. The van der Waals surface area contributed by atoms with E-state index < -0.39 is 0 Å². The third-order valence-corrected chi connectivity index (χ3v) is 5.09. The van der Waals surface area contributed by atoms with Gasteiger partial charge in [-0.15, -0.1) is 0 Å². The van der Waals surface area contributed by atoms with E-state index in [1.807, 2.05) is 6.07 Å². The summed E-state index contributed by atoms with van der Waals surface area (Å²) in [5.74, 6) is 1.60. The Balaban J connectivity index is 1.74. The highest BCUT2D eigenvalue weighted by molar-refractivity contribution is 9.10. The molecule has 124 valence electrons. The number of ether oxygens (including phenoxy) is 1. The van der Waals surface area contributed by atoms with Crippen LogP contribution in [0.1, 0.15) is 50.1 Å². The molecule has 0 aliphatic carbocycles. The van der Waals surface area contributed by atoms with Gasteiger partial charge in [0.05, 0.1) is 6.04 Å². The Morgan fingerprint density at radius 1 is 1.17 bits per heavy atom. The highest BCUT2D eigenvalue weighted by atomic mass is 79.9. The maximum absolute atomic E-state index is 6.33. The molecule has 2 heterocycles. The molecule has 2 aromatic rings. The largest absolute Gasteiger partial charge is 0.464 e. The van der Waals surface area contributed by atoms with Crippen molar-refractivity contribution < 1.29 is 4.74 Å². The van der Waals surface area contributed by atoms with Gasteiger partial charge in [-0.3, -0.25) is 0 Å². The zero-order valence-corrected chi connectivity index (χ0v) is 15.5. The minimum absolute atomic E-state index is 0.164. The van der Waals surface area contributed by atoms with E-state index in [4.69, 9.17) is 9.84 Å².